The molecular weight excluding hydrogens is 274 g/mol. The smallest absolute Gasteiger partial charge is 0.236 e. The van der Waals surface area contributed by atoms with E-state index in [-0.39, 0.29) is 11.7 Å². The number of nitrogens with zero attached hydrogens (tertiary/aromatic N) is 2. The molecule has 0 aliphatic heterocycles. The van der Waals surface area contributed by atoms with Crippen LogP contribution in [0.2, 0.25) is 0 Å². The van der Waals surface area contributed by atoms with Gasteiger partial charge in [-0.1, -0.05) is 24.4 Å². The Morgan fingerprint density at radius 3 is 2.75 bits per heavy atom. The van der Waals surface area contributed by atoms with E-state index in [9.17, 15) is 4.79 Å². The van der Waals surface area contributed by atoms with Crippen molar-refractivity contribution in [3.63, 3.8) is 0 Å². The summed E-state index contributed by atoms with van der Waals surface area (Å²) in [5, 5.41) is 16.2. The summed E-state index contributed by atoms with van der Waals surface area (Å²) in [6, 6.07) is 2.01. The maximum Gasteiger partial charge on any atom is 0.236 e. The molecule has 1 aliphatic rings. The molecule has 6 heteroatoms. The summed E-state index contributed by atoms with van der Waals surface area (Å²) in [5.74, 6) is 0.0121. The summed E-state index contributed by atoms with van der Waals surface area (Å²) in [7, 11) is 1.78. The predicted molar refractivity (Wildman–Crippen MR) is 79.7 cm³/mol. The first-order valence-electron chi connectivity index (χ1n) is 6.85. The second-order valence-corrected chi connectivity index (χ2v) is 6.20. The molecular formula is C14H21N3O2S. The highest BCUT2D eigenvalue weighted by Crippen LogP contribution is 2.38. The molecule has 1 heterocycles. The van der Waals surface area contributed by atoms with Crippen LogP contribution in [-0.4, -0.2) is 28.9 Å². The molecule has 0 aromatic carbocycles. The Kier molecular flexibility index (Phi) is 4.65. The van der Waals surface area contributed by atoms with Crippen LogP contribution in [0.3, 0.4) is 0 Å². The Hall–Kier alpha value is -1.56. The van der Waals surface area contributed by atoms with Gasteiger partial charge >= 0.3 is 0 Å². The van der Waals surface area contributed by atoms with Crippen LogP contribution in [0.15, 0.2) is 22.0 Å². The Bertz CT molecular complexity index is 479. The molecule has 1 fully saturated rings. The first kappa shape index (κ1) is 14.8. The summed E-state index contributed by atoms with van der Waals surface area (Å²) in [4.78, 5) is 14.5. The van der Waals surface area contributed by atoms with Gasteiger partial charge in [0.25, 0.3) is 0 Å². The van der Waals surface area contributed by atoms with Gasteiger partial charge in [-0.25, -0.2) is 0 Å². The molecule has 1 aliphatic carbocycles. The third kappa shape index (κ3) is 2.80. The molecule has 0 atom stereocenters. The first-order valence-corrected chi connectivity index (χ1v) is 7.79. The quantitative estimate of drug-likeness (QED) is 0.387. The average molecular weight is 295 g/mol. The normalized spacial score (nSPS) is 18.8. The molecule has 1 aromatic rings. The molecule has 1 aromatic heterocycles. The fourth-order valence-electron chi connectivity index (χ4n) is 2.92. The van der Waals surface area contributed by atoms with Crippen molar-refractivity contribution in [2.24, 2.45) is 16.3 Å². The van der Waals surface area contributed by atoms with Gasteiger partial charge in [-0.2, -0.15) is 11.3 Å². The number of oxime groups is 1. The number of amides is 1. The van der Waals surface area contributed by atoms with Crippen molar-refractivity contribution < 1.29 is 10.0 Å². The van der Waals surface area contributed by atoms with Crippen LogP contribution in [0.5, 0.6) is 0 Å². The van der Waals surface area contributed by atoms with E-state index in [1.807, 2.05) is 16.8 Å². The molecule has 5 nitrogen and oxygen atoms in total. The summed E-state index contributed by atoms with van der Waals surface area (Å²) >= 11 is 1.61. The van der Waals surface area contributed by atoms with E-state index in [4.69, 9.17) is 10.9 Å². The number of carbonyl (C=O) groups is 1. The maximum absolute atomic E-state index is 12.8. The van der Waals surface area contributed by atoms with Gasteiger partial charge in [0, 0.05) is 13.6 Å². The monoisotopic (exact) mass is 295 g/mol. The number of amidine groups is 1. The molecule has 110 valence electrons. The van der Waals surface area contributed by atoms with E-state index < -0.39 is 5.41 Å². The topological polar surface area (TPSA) is 78.9 Å². The lowest BCUT2D eigenvalue weighted by molar-refractivity contribution is -0.139. The van der Waals surface area contributed by atoms with Crippen LogP contribution in [-0.2, 0) is 11.3 Å². The number of carbonyl (C=O) groups excluding carboxylic acids is 1. The zero-order valence-electron chi connectivity index (χ0n) is 11.7. The molecule has 1 saturated carbocycles. The molecule has 0 saturated heterocycles. The van der Waals surface area contributed by atoms with Crippen molar-refractivity contribution in [3.05, 3.63) is 22.4 Å². The minimum Gasteiger partial charge on any atom is -0.409 e. The third-order valence-corrected chi connectivity index (χ3v) is 4.79. The highest BCUT2D eigenvalue weighted by atomic mass is 32.1. The molecule has 0 spiro atoms. The second kappa shape index (κ2) is 6.26. The Morgan fingerprint density at radius 1 is 1.50 bits per heavy atom. The van der Waals surface area contributed by atoms with E-state index in [0.29, 0.717) is 19.4 Å². The molecule has 20 heavy (non-hydrogen) atoms. The minimum atomic E-state index is -0.822. The zero-order valence-corrected chi connectivity index (χ0v) is 12.5. The van der Waals surface area contributed by atoms with Gasteiger partial charge in [0.1, 0.15) is 5.41 Å². The highest BCUT2D eigenvalue weighted by molar-refractivity contribution is 7.07. The van der Waals surface area contributed by atoms with Gasteiger partial charge in [-0.05, 0) is 35.2 Å². The highest BCUT2D eigenvalue weighted by Gasteiger charge is 2.45. The van der Waals surface area contributed by atoms with Crippen molar-refractivity contribution in [1.29, 1.82) is 0 Å². The van der Waals surface area contributed by atoms with Crippen molar-refractivity contribution in [3.8, 4) is 0 Å². The molecule has 1 amide bonds. The number of hydrogen-bond donors (Lipinski definition) is 2. The Balaban J connectivity index is 2.18. The van der Waals surface area contributed by atoms with Gasteiger partial charge < -0.3 is 15.8 Å². The summed E-state index contributed by atoms with van der Waals surface area (Å²) in [5.41, 5.74) is 6.14. The number of hydrogen-bond acceptors (Lipinski definition) is 4. The Labute approximate surface area is 123 Å². The molecule has 0 unspecified atom stereocenters. The standard InChI is InChI=1S/C14H21N3O2S/c1-17(9-11-5-8-20-10-11)13(18)14(12(15)16-19)6-3-2-4-7-14/h5,8,10,19H,2-4,6-7,9H2,1H3,(H2,15,16). The van der Waals surface area contributed by atoms with Crippen LogP contribution in [0.1, 0.15) is 37.7 Å². The SMILES string of the molecule is CN(Cc1ccsc1)C(=O)C1(C(N)=NO)CCCCC1. The molecule has 0 radical (unpaired) electrons. The van der Waals surface area contributed by atoms with Crippen LogP contribution < -0.4 is 5.73 Å². The molecule has 0 bridgehead atoms. The fourth-order valence-corrected chi connectivity index (χ4v) is 3.58. The fraction of sp³-hybridized carbons (Fsp3) is 0.571. The van der Waals surface area contributed by atoms with E-state index in [2.05, 4.69) is 5.16 Å². The largest absolute Gasteiger partial charge is 0.409 e. The average Bonchev–Trinajstić information content (AvgIpc) is 2.99. The summed E-state index contributed by atoms with van der Waals surface area (Å²) < 4.78 is 0. The van der Waals surface area contributed by atoms with Gasteiger partial charge in [0.05, 0.1) is 0 Å². The molecule has 2 rings (SSSR count). The van der Waals surface area contributed by atoms with Gasteiger partial charge in [0.2, 0.25) is 5.91 Å². The van der Waals surface area contributed by atoms with Crippen molar-refractivity contribution in [2.75, 3.05) is 7.05 Å². The lowest BCUT2D eigenvalue weighted by Crippen LogP contribution is -2.51. The van der Waals surface area contributed by atoms with Crippen molar-refractivity contribution in [2.45, 2.75) is 38.6 Å². The maximum atomic E-state index is 12.8. The number of thiophene rings is 1. The Morgan fingerprint density at radius 2 is 2.20 bits per heavy atom. The molecule has 3 N–H and O–H groups in total. The van der Waals surface area contributed by atoms with Crippen LogP contribution in [0, 0.1) is 5.41 Å². The van der Waals surface area contributed by atoms with Crippen LogP contribution >= 0.6 is 11.3 Å². The lowest BCUT2D eigenvalue weighted by atomic mass is 9.72. The van der Waals surface area contributed by atoms with E-state index in [1.165, 1.54) is 0 Å². The van der Waals surface area contributed by atoms with E-state index in [1.54, 1.807) is 23.3 Å². The first-order chi connectivity index (χ1) is 9.60. The van der Waals surface area contributed by atoms with Gasteiger partial charge in [0.15, 0.2) is 5.84 Å². The van der Waals surface area contributed by atoms with E-state index in [0.717, 1.165) is 24.8 Å². The van der Waals surface area contributed by atoms with Gasteiger partial charge in [-0.15, -0.1) is 0 Å². The summed E-state index contributed by atoms with van der Waals surface area (Å²) in [6.07, 6.45) is 4.30. The number of nitrogens with two attached hydrogens (primary N) is 1. The van der Waals surface area contributed by atoms with E-state index >= 15 is 0 Å². The predicted octanol–water partition coefficient (Wildman–Crippen LogP) is 2.40. The minimum absolute atomic E-state index is 0.0429. The third-order valence-electron chi connectivity index (χ3n) is 4.06. The lowest BCUT2D eigenvalue weighted by Gasteiger charge is -2.37. The van der Waals surface area contributed by atoms with Crippen molar-refractivity contribution >= 4 is 23.1 Å². The van der Waals surface area contributed by atoms with Crippen LogP contribution in [0.4, 0.5) is 0 Å². The zero-order chi connectivity index (χ0) is 14.6. The summed E-state index contributed by atoms with van der Waals surface area (Å²) in [6.45, 7) is 0.558. The van der Waals surface area contributed by atoms with Crippen molar-refractivity contribution in [1.82, 2.24) is 4.90 Å². The number of rotatable bonds is 4. The van der Waals surface area contributed by atoms with Gasteiger partial charge in [-0.3, -0.25) is 4.79 Å². The van der Waals surface area contributed by atoms with Crippen LogP contribution in [0.25, 0.3) is 0 Å². The second-order valence-electron chi connectivity index (χ2n) is 5.42.